The molecule has 0 fully saturated rings. The van der Waals surface area contributed by atoms with Gasteiger partial charge in [0.05, 0.1) is 4.90 Å². The van der Waals surface area contributed by atoms with Crippen LogP contribution in [-0.2, 0) is 14.8 Å². The van der Waals surface area contributed by atoms with Crippen LogP contribution in [0.15, 0.2) is 52.6 Å². The number of nitrogens with one attached hydrogen (secondary N) is 1. The molecule has 3 rings (SSSR count). The number of nitrogens with zero attached hydrogens (tertiary/aromatic N) is 4. The topological polar surface area (TPSA) is 96.7 Å². The van der Waals surface area contributed by atoms with Gasteiger partial charge in [-0.05, 0) is 36.4 Å². The predicted molar refractivity (Wildman–Crippen MR) is 113 cm³/mol. The van der Waals surface area contributed by atoms with Crippen LogP contribution in [0.4, 0.5) is 10.1 Å². The van der Waals surface area contributed by atoms with E-state index in [4.69, 9.17) is 0 Å². The second-order valence-electron chi connectivity index (χ2n) is 6.32. The molecule has 0 unspecified atom stereocenters. The molecule has 1 aromatic carbocycles. The lowest BCUT2D eigenvalue weighted by molar-refractivity contribution is -0.115. The molecule has 0 saturated carbocycles. The number of pyridine rings is 1. The molecule has 160 valence electrons. The number of carbonyl (C=O) groups is 1. The summed E-state index contributed by atoms with van der Waals surface area (Å²) in [6.45, 7) is 4.33. The number of sulfonamides is 1. The summed E-state index contributed by atoms with van der Waals surface area (Å²) in [6.07, 6.45) is 1.71. The van der Waals surface area contributed by atoms with E-state index in [9.17, 15) is 17.6 Å². The van der Waals surface area contributed by atoms with Crippen molar-refractivity contribution in [1.29, 1.82) is 0 Å². The molecule has 0 aliphatic rings. The highest BCUT2D eigenvalue weighted by Crippen LogP contribution is 2.22. The normalized spacial score (nSPS) is 11.9. The minimum atomic E-state index is -3.60. The first-order valence-electron chi connectivity index (χ1n) is 9.38. The van der Waals surface area contributed by atoms with E-state index < -0.39 is 10.0 Å². The second-order valence-corrected chi connectivity index (χ2v) is 9.32. The Labute approximate surface area is 178 Å². The van der Waals surface area contributed by atoms with Gasteiger partial charge in [-0.15, -0.1) is 10.2 Å². The lowest BCUT2D eigenvalue weighted by Gasteiger charge is -2.18. The van der Waals surface area contributed by atoms with Crippen molar-refractivity contribution in [1.82, 2.24) is 18.9 Å². The molecular weight excluding hydrogens is 429 g/mol. The summed E-state index contributed by atoms with van der Waals surface area (Å²) in [5.41, 5.74) is 1.04. The fourth-order valence-corrected chi connectivity index (χ4v) is 5.12. The van der Waals surface area contributed by atoms with Gasteiger partial charge in [0.2, 0.25) is 15.9 Å². The molecular formula is C19H22FN5O3S2. The standard InChI is InChI=1S/C19H22FN5O3S2/c1-3-24(4-2)30(27,28)16-9-10-17-22-23-19(25(17)13-16)29-12-11-18(26)21-15-7-5-14(20)6-8-15/h5-10,13H,3-4,11-12H2,1-2H3,(H,21,26). The number of hydrogen-bond donors (Lipinski definition) is 1. The minimum absolute atomic E-state index is 0.161. The van der Waals surface area contributed by atoms with E-state index in [2.05, 4.69) is 15.5 Å². The van der Waals surface area contributed by atoms with E-state index in [1.807, 2.05) is 0 Å². The smallest absolute Gasteiger partial charge is 0.244 e. The molecule has 0 saturated heterocycles. The number of carbonyl (C=O) groups excluding carboxylic acids is 1. The zero-order valence-electron chi connectivity index (χ0n) is 16.6. The molecule has 8 nitrogen and oxygen atoms in total. The van der Waals surface area contributed by atoms with E-state index in [1.165, 1.54) is 52.6 Å². The summed E-state index contributed by atoms with van der Waals surface area (Å²) in [5, 5.41) is 11.3. The zero-order valence-corrected chi connectivity index (χ0v) is 18.2. The summed E-state index contributed by atoms with van der Waals surface area (Å²) in [5.74, 6) is -0.168. The molecule has 0 bridgehead atoms. The summed E-state index contributed by atoms with van der Waals surface area (Å²) >= 11 is 1.30. The van der Waals surface area contributed by atoms with Crippen LogP contribution in [0.25, 0.3) is 5.65 Å². The van der Waals surface area contributed by atoms with Crippen LogP contribution in [-0.4, -0.2) is 52.1 Å². The largest absolute Gasteiger partial charge is 0.326 e. The molecule has 2 aromatic heterocycles. The maximum absolute atomic E-state index is 12.9. The maximum Gasteiger partial charge on any atom is 0.244 e. The van der Waals surface area contributed by atoms with Gasteiger partial charge in [-0.2, -0.15) is 4.31 Å². The van der Waals surface area contributed by atoms with Crippen molar-refractivity contribution in [2.45, 2.75) is 30.3 Å². The Balaban J connectivity index is 1.68. The molecule has 0 atom stereocenters. The van der Waals surface area contributed by atoms with Gasteiger partial charge in [0.15, 0.2) is 10.8 Å². The lowest BCUT2D eigenvalue weighted by atomic mass is 10.3. The summed E-state index contributed by atoms with van der Waals surface area (Å²) in [7, 11) is -3.60. The first kappa shape index (κ1) is 22.2. The number of hydrogen-bond acceptors (Lipinski definition) is 6. The van der Waals surface area contributed by atoms with Crippen LogP contribution in [0.5, 0.6) is 0 Å². The minimum Gasteiger partial charge on any atom is -0.326 e. The van der Waals surface area contributed by atoms with Crippen LogP contribution >= 0.6 is 11.8 Å². The van der Waals surface area contributed by atoms with Gasteiger partial charge in [-0.1, -0.05) is 25.6 Å². The first-order valence-corrected chi connectivity index (χ1v) is 11.8. The summed E-state index contributed by atoms with van der Waals surface area (Å²) in [6, 6.07) is 8.65. The Morgan fingerprint density at radius 1 is 1.13 bits per heavy atom. The SMILES string of the molecule is CCN(CC)S(=O)(=O)c1ccc2nnc(SCCC(=O)Nc3ccc(F)cc3)n2c1. The average Bonchev–Trinajstić information content (AvgIpc) is 3.13. The molecule has 0 aliphatic heterocycles. The Bertz CT molecular complexity index is 1130. The predicted octanol–water partition coefficient (Wildman–Crippen LogP) is 3.02. The van der Waals surface area contributed by atoms with Crippen molar-refractivity contribution in [2.75, 3.05) is 24.2 Å². The number of rotatable bonds is 9. The third-order valence-electron chi connectivity index (χ3n) is 4.38. The number of aromatic nitrogens is 3. The van der Waals surface area contributed by atoms with Gasteiger partial charge in [-0.25, -0.2) is 12.8 Å². The molecule has 1 amide bonds. The van der Waals surface area contributed by atoms with Gasteiger partial charge in [0.1, 0.15) is 5.82 Å². The molecule has 2 heterocycles. The molecule has 1 N–H and O–H groups in total. The van der Waals surface area contributed by atoms with Crippen LogP contribution < -0.4 is 5.32 Å². The third-order valence-corrected chi connectivity index (χ3v) is 7.35. The van der Waals surface area contributed by atoms with Crippen molar-refractivity contribution in [3.8, 4) is 0 Å². The Morgan fingerprint density at radius 2 is 1.83 bits per heavy atom. The van der Waals surface area contributed by atoms with Gasteiger partial charge in [-0.3, -0.25) is 9.20 Å². The Morgan fingerprint density at radius 3 is 2.50 bits per heavy atom. The second kappa shape index (κ2) is 9.54. The maximum atomic E-state index is 12.9. The van der Waals surface area contributed by atoms with Crippen molar-refractivity contribution in [3.63, 3.8) is 0 Å². The van der Waals surface area contributed by atoms with Crippen molar-refractivity contribution in [2.24, 2.45) is 0 Å². The van der Waals surface area contributed by atoms with Crippen molar-refractivity contribution >= 4 is 39.0 Å². The van der Waals surface area contributed by atoms with Crippen LogP contribution in [0.3, 0.4) is 0 Å². The van der Waals surface area contributed by atoms with Crippen molar-refractivity contribution in [3.05, 3.63) is 48.4 Å². The van der Waals surface area contributed by atoms with E-state index in [0.29, 0.717) is 35.3 Å². The Kier molecular flexibility index (Phi) is 7.06. The number of benzene rings is 1. The molecule has 3 aromatic rings. The number of amides is 1. The molecule has 0 radical (unpaired) electrons. The number of fused-ring (bicyclic) bond motifs is 1. The monoisotopic (exact) mass is 451 g/mol. The fraction of sp³-hybridized carbons (Fsp3) is 0.316. The highest BCUT2D eigenvalue weighted by atomic mass is 32.2. The highest BCUT2D eigenvalue weighted by Gasteiger charge is 2.22. The van der Waals surface area contributed by atoms with Crippen LogP contribution in [0.1, 0.15) is 20.3 Å². The Hall–Kier alpha value is -2.50. The van der Waals surface area contributed by atoms with E-state index in [-0.39, 0.29) is 23.0 Å². The zero-order chi connectivity index (χ0) is 21.7. The van der Waals surface area contributed by atoms with E-state index in [0.717, 1.165) is 0 Å². The summed E-state index contributed by atoms with van der Waals surface area (Å²) < 4.78 is 41.4. The first-order chi connectivity index (χ1) is 14.3. The van der Waals surface area contributed by atoms with Crippen LogP contribution in [0, 0.1) is 5.82 Å². The average molecular weight is 452 g/mol. The quantitative estimate of drug-likeness (QED) is 0.503. The lowest BCUT2D eigenvalue weighted by Crippen LogP contribution is -2.30. The van der Waals surface area contributed by atoms with E-state index >= 15 is 0 Å². The van der Waals surface area contributed by atoms with Gasteiger partial charge in [0, 0.05) is 37.1 Å². The molecule has 11 heteroatoms. The molecule has 0 spiro atoms. The van der Waals surface area contributed by atoms with Crippen molar-refractivity contribution < 1.29 is 17.6 Å². The van der Waals surface area contributed by atoms with E-state index in [1.54, 1.807) is 24.3 Å². The molecule has 30 heavy (non-hydrogen) atoms. The molecule has 0 aliphatic carbocycles. The van der Waals surface area contributed by atoms with Gasteiger partial charge in [0.25, 0.3) is 0 Å². The fourth-order valence-electron chi connectivity index (χ4n) is 2.81. The highest BCUT2D eigenvalue weighted by molar-refractivity contribution is 7.99. The van der Waals surface area contributed by atoms with Gasteiger partial charge >= 0.3 is 0 Å². The number of anilines is 1. The number of halogens is 1. The van der Waals surface area contributed by atoms with Gasteiger partial charge < -0.3 is 5.32 Å². The third kappa shape index (κ3) is 4.97. The number of thioether (sulfide) groups is 1. The van der Waals surface area contributed by atoms with Crippen LogP contribution in [0.2, 0.25) is 0 Å². The summed E-state index contributed by atoms with van der Waals surface area (Å²) in [4.78, 5) is 12.2.